The van der Waals surface area contributed by atoms with Gasteiger partial charge in [0.1, 0.15) is 0 Å². The zero-order chi connectivity index (χ0) is 13.1. The first kappa shape index (κ1) is 14.0. The van der Waals surface area contributed by atoms with Crippen molar-refractivity contribution >= 4 is 17.4 Å². The lowest BCUT2D eigenvalue weighted by atomic mass is 10.3. The van der Waals surface area contributed by atoms with Gasteiger partial charge in [-0.3, -0.25) is 0 Å². The van der Waals surface area contributed by atoms with Crippen LogP contribution in [0.25, 0.3) is 0 Å². The molecule has 0 aromatic heterocycles. The third-order valence-corrected chi connectivity index (χ3v) is 2.45. The Morgan fingerprint density at radius 1 is 1.06 bits per heavy atom. The van der Waals surface area contributed by atoms with Crippen LogP contribution in [0.3, 0.4) is 0 Å². The lowest BCUT2D eigenvalue weighted by Gasteiger charge is -2.09. The van der Waals surface area contributed by atoms with Crippen LogP contribution in [0.4, 0.5) is 32.0 Å². The van der Waals surface area contributed by atoms with Crippen molar-refractivity contribution in [2.24, 2.45) is 0 Å². The van der Waals surface area contributed by atoms with E-state index in [1.165, 1.54) is 0 Å². The van der Waals surface area contributed by atoms with Crippen molar-refractivity contribution in [1.29, 1.82) is 0 Å². The zero-order valence-corrected chi connectivity index (χ0v) is 9.06. The minimum Gasteiger partial charge on any atom is -0.382 e. The minimum atomic E-state index is -4.37. The number of anilines is 1. The molecule has 1 aromatic carbocycles. The highest BCUT2D eigenvalue weighted by Crippen LogP contribution is 2.29. The lowest BCUT2D eigenvalue weighted by molar-refractivity contribution is -0.0327. The Morgan fingerprint density at radius 3 is 2.29 bits per heavy atom. The Hall–Kier alpha value is -1.05. The maximum Gasteiger partial charge on any atom is 0.441 e. The van der Waals surface area contributed by atoms with Gasteiger partial charge in [0, 0.05) is 12.3 Å². The molecule has 0 amide bonds. The van der Waals surface area contributed by atoms with Gasteiger partial charge in [-0.2, -0.15) is 13.2 Å². The molecule has 0 atom stereocenters. The van der Waals surface area contributed by atoms with E-state index in [1.807, 2.05) is 0 Å². The van der Waals surface area contributed by atoms with Crippen molar-refractivity contribution in [3.63, 3.8) is 0 Å². The summed E-state index contributed by atoms with van der Waals surface area (Å²) in [6.45, 7) is -0.216. The molecule has 0 spiro atoms. The normalized spacial score (nSPS) is 11.6. The Bertz CT molecular complexity index is 392. The molecule has 0 saturated carbocycles. The van der Waals surface area contributed by atoms with Crippen molar-refractivity contribution < 1.29 is 26.3 Å². The van der Waals surface area contributed by atoms with Crippen molar-refractivity contribution in [3.05, 3.63) is 29.6 Å². The van der Waals surface area contributed by atoms with Crippen LogP contribution in [0.1, 0.15) is 0 Å². The number of hydrogen-bond donors (Lipinski definition) is 1. The summed E-state index contributed by atoms with van der Waals surface area (Å²) in [5.41, 5.74) is -4.74. The van der Waals surface area contributed by atoms with Gasteiger partial charge >= 0.3 is 5.51 Å². The molecule has 1 nitrogen and oxygen atoms in total. The molecule has 0 aliphatic heterocycles. The number of hydrogen-bond acceptors (Lipinski definition) is 2. The molecule has 0 fully saturated rings. The number of rotatable bonds is 4. The first-order valence-corrected chi connectivity index (χ1v) is 5.38. The topological polar surface area (TPSA) is 12.0 Å². The molecular weight excluding hydrogens is 268 g/mol. The molecule has 0 aliphatic rings. The molecule has 8 heteroatoms. The third kappa shape index (κ3) is 4.37. The van der Waals surface area contributed by atoms with Crippen molar-refractivity contribution in [1.82, 2.24) is 0 Å². The van der Waals surface area contributed by atoms with E-state index in [2.05, 4.69) is 5.32 Å². The second kappa shape index (κ2) is 5.52. The van der Waals surface area contributed by atoms with Crippen LogP contribution in [0, 0.1) is 17.5 Å². The largest absolute Gasteiger partial charge is 0.441 e. The molecule has 0 saturated heterocycles. The highest BCUT2D eigenvalue weighted by molar-refractivity contribution is 8.00. The minimum absolute atomic E-state index is 0.216. The fourth-order valence-corrected chi connectivity index (χ4v) is 1.45. The van der Waals surface area contributed by atoms with Crippen LogP contribution < -0.4 is 5.32 Å². The molecule has 17 heavy (non-hydrogen) atoms. The van der Waals surface area contributed by atoms with Gasteiger partial charge in [-0.15, -0.1) is 0 Å². The van der Waals surface area contributed by atoms with Gasteiger partial charge in [0.2, 0.25) is 0 Å². The van der Waals surface area contributed by atoms with Gasteiger partial charge < -0.3 is 5.32 Å². The summed E-state index contributed by atoms with van der Waals surface area (Å²) in [6.07, 6.45) is 0. The Balaban J connectivity index is 2.51. The first-order chi connectivity index (χ1) is 7.81. The van der Waals surface area contributed by atoms with Gasteiger partial charge in [-0.1, -0.05) is 0 Å². The molecular formula is C9H7F6NS. The molecule has 0 aliphatic carbocycles. The van der Waals surface area contributed by atoms with Gasteiger partial charge in [0.25, 0.3) is 0 Å². The van der Waals surface area contributed by atoms with Crippen molar-refractivity contribution in [3.8, 4) is 0 Å². The Morgan fingerprint density at radius 2 is 1.71 bits per heavy atom. The van der Waals surface area contributed by atoms with Crippen molar-refractivity contribution in [2.75, 3.05) is 17.6 Å². The van der Waals surface area contributed by atoms with E-state index in [0.717, 1.165) is 6.07 Å². The molecule has 0 heterocycles. The third-order valence-electron chi connectivity index (χ3n) is 1.72. The van der Waals surface area contributed by atoms with E-state index < -0.39 is 23.0 Å². The zero-order valence-electron chi connectivity index (χ0n) is 8.24. The second-order valence-corrected chi connectivity index (χ2v) is 4.10. The summed E-state index contributed by atoms with van der Waals surface area (Å²) in [4.78, 5) is 0. The molecule has 1 rings (SSSR count). The average molecular weight is 275 g/mol. The average Bonchev–Trinajstić information content (AvgIpc) is 2.22. The first-order valence-electron chi connectivity index (χ1n) is 4.39. The van der Waals surface area contributed by atoms with E-state index in [9.17, 15) is 26.3 Å². The van der Waals surface area contributed by atoms with Crippen molar-refractivity contribution in [2.45, 2.75) is 5.51 Å². The van der Waals surface area contributed by atoms with E-state index in [-0.39, 0.29) is 29.7 Å². The van der Waals surface area contributed by atoms with Crippen LogP contribution in [-0.4, -0.2) is 17.8 Å². The summed E-state index contributed by atoms with van der Waals surface area (Å²) in [5.74, 6) is -4.81. The van der Waals surface area contributed by atoms with E-state index in [1.54, 1.807) is 0 Å². The van der Waals surface area contributed by atoms with E-state index >= 15 is 0 Å². The van der Waals surface area contributed by atoms with Crippen LogP contribution in [-0.2, 0) is 0 Å². The lowest BCUT2D eigenvalue weighted by Crippen LogP contribution is -2.11. The SMILES string of the molecule is Fc1ccc(NCCSC(F)(F)F)c(F)c1F. The van der Waals surface area contributed by atoms with Crippen LogP contribution in [0.15, 0.2) is 12.1 Å². The molecule has 1 aromatic rings. The predicted octanol–water partition coefficient (Wildman–Crippen LogP) is 3.77. The van der Waals surface area contributed by atoms with Crippen LogP contribution in [0.5, 0.6) is 0 Å². The fraction of sp³-hybridized carbons (Fsp3) is 0.333. The van der Waals surface area contributed by atoms with Gasteiger partial charge in [0.05, 0.1) is 5.69 Å². The predicted molar refractivity (Wildman–Crippen MR) is 53.3 cm³/mol. The van der Waals surface area contributed by atoms with Gasteiger partial charge in [-0.25, -0.2) is 13.2 Å². The van der Waals surface area contributed by atoms with E-state index in [0.29, 0.717) is 6.07 Å². The molecule has 96 valence electrons. The summed E-state index contributed by atoms with van der Waals surface area (Å²) < 4.78 is 73.4. The summed E-state index contributed by atoms with van der Waals surface area (Å²) in [5, 5.41) is 2.25. The number of alkyl halides is 3. The standard InChI is InChI=1S/C9H7F6NS/c10-5-1-2-6(8(12)7(5)11)16-3-4-17-9(13,14)15/h1-2,16H,3-4H2. The Kier molecular flexibility index (Phi) is 4.55. The quantitative estimate of drug-likeness (QED) is 0.510. The number of nitrogens with one attached hydrogen (secondary N) is 1. The number of halogens is 6. The number of thioether (sulfide) groups is 1. The Labute approximate surface area is 97.2 Å². The molecule has 1 N–H and O–H groups in total. The van der Waals surface area contributed by atoms with Crippen LogP contribution >= 0.6 is 11.8 Å². The fourth-order valence-electron chi connectivity index (χ4n) is 1.01. The molecule has 0 bridgehead atoms. The summed E-state index contributed by atoms with van der Waals surface area (Å²) in [7, 11) is 0. The monoisotopic (exact) mass is 275 g/mol. The van der Waals surface area contributed by atoms with Gasteiger partial charge in [-0.05, 0) is 23.9 Å². The summed E-state index contributed by atoms with van der Waals surface area (Å²) in [6, 6.07) is 1.61. The maximum atomic E-state index is 13.0. The number of benzene rings is 1. The summed E-state index contributed by atoms with van der Waals surface area (Å²) >= 11 is -0.287. The van der Waals surface area contributed by atoms with E-state index in [4.69, 9.17) is 0 Å². The second-order valence-electron chi connectivity index (χ2n) is 2.94. The smallest absolute Gasteiger partial charge is 0.382 e. The van der Waals surface area contributed by atoms with Gasteiger partial charge in [0.15, 0.2) is 17.5 Å². The molecule has 0 radical (unpaired) electrons. The molecule has 0 unspecified atom stereocenters. The van der Waals surface area contributed by atoms with Crippen LogP contribution in [0.2, 0.25) is 0 Å². The highest BCUT2D eigenvalue weighted by atomic mass is 32.2. The highest BCUT2D eigenvalue weighted by Gasteiger charge is 2.27. The maximum absolute atomic E-state index is 13.0.